The first kappa shape index (κ1) is 8.30. The summed E-state index contributed by atoms with van der Waals surface area (Å²) in [5.41, 5.74) is 0. The fourth-order valence-corrected chi connectivity index (χ4v) is 1.03. The molecule has 0 radical (unpaired) electrons. The van der Waals surface area contributed by atoms with Crippen molar-refractivity contribution >= 4 is 0 Å². The minimum atomic E-state index is -1.26. The van der Waals surface area contributed by atoms with Crippen LogP contribution in [0.15, 0.2) is 24.0 Å². The third kappa shape index (κ3) is 1.44. The minimum Gasteiger partial charge on any atom is -0.495 e. The molecule has 0 saturated heterocycles. The van der Waals surface area contributed by atoms with E-state index in [-0.39, 0.29) is 0 Å². The molecular formula is C8H12O3. The Morgan fingerprint density at radius 2 is 2.27 bits per heavy atom. The monoisotopic (exact) mass is 156 g/mol. The average Bonchev–Trinajstić information content (AvgIpc) is 2.05. The van der Waals surface area contributed by atoms with Crippen molar-refractivity contribution in [1.82, 2.24) is 0 Å². The Balaban J connectivity index is 2.82. The van der Waals surface area contributed by atoms with Gasteiger partial charge >= 0.3 is 0 Å². The van der Waals surface area contributed by atoms with Gasteiger partial charge in [-0.3, -0.25) is 0 Å². The maximum absolute atomic E-state index is 9.67. The molecule has 1 atom stereocenters. The number of rotatable bonds is 2. The molecule has 0 amide bonds. The smallest absolute Gasteiger partial charge is 0.228 e. The van der Waals surface area contributed by atoms with Crippen LogP contribution < -0.4 is 0 Å². The lowest BCUT2D eigenvalue weighted by molar-refractivity contribution is -0.177. The summed E-state index contributed by atoms with van der Waals surface area (Å²) in [6, 6.07) is 0. The number of methoxy groups -OCH3 is 2. The van der Waals surface area contributed by atoms with Gasteiger partial charge in [0.2, 0.25) is 5.79 Å². The van der Waals surface area contributed by atoms with Crippen molar-refractivity contribution in [2.45, 2.75) is 12.2 Å². The summed E-state index contributed by atoms with van der Waals surface area (Å²) in [4.78, 5) is 0. The van der Waals surface area contributed by atoms with Gasteiger partial charge in [-0.05, 0) is 6.08 Å². The molecule has 62 valence electrons. The van der Waals surface area contributed by atoms with Crippen molar-refractivity contribution in [1.29, 1.82) is 0 Å². The molecule has 0 fully saturated rings. The molecule has 0 aromatic carbocycles. The van der Waals surface area contributed by atoms with E-state index in [1.54, 1.807) is 6.08 Å². The van der Waals surface area contributed by atoms with Gasteiger partial charge in [0.05, 0.1) is 7.11 Å². The molecule has 0 spiro atoms. The normalized spacial score (nSPS) is 29.9. The van der Waals surface area contributed by atoms with Crippen LogP contribution in [0.2, 0.25) is 0 Å². The molecule has 0 aromatic heterocycles. The van der Waals surface area contributed by atoms with E-state index in [4.69, 9.17) is 9.47 Å². The van der Waals surface area contributed by atoms with E-state index in [2.05, 4.69) is 0 Å². The molecule has 1 rings (SSSR count). The van der Waals surface area contributed by atoms with Crippen molar-refractivity contribution in [2.24, 2.45) is 0 Å². The summed E-state index contributed by atoms with van der Waals surface area (Å²) in [6.07, 6.45) is 5.77. The van der Waals surface area contributed by atoms with E-state index in [1.165, 1.54) is 14.2 Å². The maximum Gasteiger partial charge on any atom is 0.228 e. The first-order valence-electron chi connectivity index (χ1n) is 3.42. The van der Waals surface area contributed by atoms with Crippen molar-refractivity contribution in [3.05, 3.63) is 24.0 Å². The Bertz CT molecular complexity index is 196. The molecule has 0 aliphatic heterocycles. The fraction of sp³-hybridized carbons (Fsp3) is 0.500. The van der Waals surface area contributed by atoms with E-state index in [1.807, 2.05) is 12.2 Å². The van der Waals surface area contributed by atoms with Crippen LogP contribution >= 0.6 is 0 Å². The van der Waals surface area contributed by atoms with Gasteiger partial charge in [-0.1, -0.05) is 12.2 Å². The van der Waals surface area contributed by atoms with Gasteiger partial charge in [-0.2, -0.15) is 0 Å². The van der Waals surface area contributed by atoms with Gasteiger partial charge in [0.25, 0.3) is 0 Å². The second-order valence-electron chi connectivity index (χ2n) is 2.36. The summed E-state index contributed by atoms with van der Waals surface area (Å²) in [5, 5.41) is 9.67. The number of hydrogen-bond acceptors (Lipinski definition) is 3. The highest BCUT2D eigenvalue weighted by Gasteiger charge is 2.32. The lowest BCUT2D eigenvalue weighted by Gasteiger charge is -2.28. The van der Waals surface area contributed by atoms with E-state index in [0.717, 1.165) is 0 Å². The number of aliphatic hydroxyl groups is 1. The Morgan fingerprint density at radius 1 is 1.55 bits per heavy atom. The Morgan fingerprint density at radius 3 is 2.73 bits per heavy atom. The maximum atomic E-state index is 9.67. The predicted molar refractivity (Wildman–Crippen MR) is 40.8 cm³/mol. The largest absolute Gasteiger partial charge is 0.495 e. The predicted octanol–water partition coefficient (Wildman–Crippen LogP) is 0.812. The summed E-state index contributed by atoms with van der Waals surface area (Å²) in [5.74, 6) is -0.814. The van der Waals surface area contributed by atoms with Crippen LogP contribution in [0.4, 0.5) is 0 Å². The zero-order valence-electron chi connectivity index (χ0n) is 6.70. The summed E-state index contributed by atoms with van der Waals surface area (Å²) < 4.78 is 9.83. The van der Waals surface area contributed by atoms with Gasteiger partial charge in [-0.15, -0.1) is 0 Å². The van der Waals surface area contributed by atoms with Crippen LogP contribution in [-0.4, -0.2) is 25.1 Å². The molecule has 0 aromatic rings. The average molecular weight is 156 g/mol. The van der Waals surface area contributed by atoms with Crippen LogP contribution in [0.1, 0.15) is 6.42 Å². The van der Waals surface area contributed by atoms with Crippen LogP contribution in [-0.2, 0) is 9.47 Å². The van der Waals surface area contributed by atoms with Crippen molar-refractivity contribution in [3.63, 3.8) is 0 Å². The highest BCUT2D eigenvalue weighted by molar-refractivity contribution is 5.20. The van der Waals surface area contributed by atoms with Crippen LogP contribution in [0.5, 0.6) is 0 Å². The van der Waals surface area contributed by atoms with E-state index >= 15 is 0 Å². The standard InChI is InChI=1S/C8H12O3/c1-10-7-5-3-4-6-8(7,9)11-2/h3-5,9H,6H2,1-2H3. The molecule has 3 nitrogen and oxygen atoms in total. The highest BCUT2D eigenvalue weighted by Crippen LogP contribution is 2.26. The molecule has 1 aliphatic carbocycles. The lowest BCUT2D eigenvalue weighted by atomic mass is 10.1. The highest BCUT2D eigenvalue weighted by atomic mass is 16.6. The second kappa shape index (κ2) is 3.07. The quantitative estimate of drug-likeness (QED) is 0.601. The summed E-state index contributed by atoms with van der Waals surface area (Å²) in [7, 11) is 2.96. The lowest BCUT2D eigenvalue weighted by Crippen LogP contribution is -2.34. The SMILES string of the molecule is COC1=CC=CCC1(O)OC. The molecule has 0 bridgehead atoms. The van der Waals surface area contributed by atoms with Gasteiger partial charge in [0.1, 0.15) is 0 Å². The topological polar surface area (TPSA) is 38.7 Å². The molecule has 11 heavy (non-hydrogen) atoms. The minimum absolute atomic E-state index is 0.434. The molecule has 1 N–H and O–H groups in total. The zero-order valence-corrected chi connectivity index (χ0v) is 6.70. The van der Waals surface area contributed by atoms with E-state index in [0.29, 0.717) is 12.2 Å². The first-order valence-corrected chi connectivity index (χ1v) is 3.42. The zero-order chi connectivity index (χ0) is 8.32. The summed E-state index contributed by atoms with van der Waals surface area (Å²) >= 11 is 0. The third-order valence-corrected chi connectivity index (χ3v) is 1.72. The Hall–Kier alpha value is -0.800. The van der Waals surface area contributed by atoms with Gasteiger partial charge < -0.3 is 14.6 Å². The molecular weight excluding hydrogens is 144 g/mol. The molecule has 1 aliphatic rings. The van der Waals surface area contributed by atoms with Crippen molar-refractivity contribution in [3.8, 4) is 0 Å². The Labute approximate surface area is 65.9 Å². The fourth-order valence-electron chi connectivity index (χ4n) is 1.03. The molecule has 3 heteroatoms. The van der Waals surface area contributed by atoms with E-state index in [9.17, 15) is 5.11 Å². The van der Waals surface area contributed by atoms with Crippen LogP contribution in [0.25, 0.3) is 0 Å². The first-order chi connectivity index (χ1) is 5.23. The molecule has 0 heterocycles. The van der Waals surface area contributed by atoms with Crippen molar-refractivity contribution < 1.29 is 14.6 Å². The van der Waals surface area contributed by atoms with Crippen molar-refractivity contribution in [2.75, 3.05) is 14.2 Å². The molecule has 1 unspecified atom stereocenters. The van der Waals surface area contributed by atoms with Crippen LogP contribution in [0.3, 0.4) is 0 Å². The van der Waals surface area contributed by atoms with Gasteiger partial charge in [0, 0.05) is 13.5 Å². The van der Waals surface area contributed by atoms with Gasteiger partial charge in [0.15, 0.2) is 5.76 Å². The van der Waals surface area contributed by atoms with E-state index < -0.39 is 5.79 Å². The summed E-state index contributed by atoms with van der Waals surface area (Å²) in [6.45, 7) is 0. The number of hydrogen-bond donors (Lipinski definition) is 1. The third-order valence-electron chi connectivity index (χ3n) is 1.72. The Kier molecular flexibility index (Phi) is 2.31. The number of allylic oxidation sites excluding steroid dienone is 2. The second-order valence-corrected chi connectivity index (χ2v) is 2.36. The molecule has 0 saturated carbocycles. The van der Waals surface area contributed by atoms with Gasteiger partial charge in [-0.25, -0.2) is 0 Å². The van der Waals surface area contributed by atoms with Crippen LogP contribution in [0, 0.1) is 0 Å². The number of ether oxygens (including phenoxy) is 2.